The van der Waals surface area contributed by atoms with Crippen molar-refractivity contribution in [2.24, 2.45) is 0 Å². The first kappa shape index (κ1) is 20.8. The van der Waals surface area contributed by atoms with Crippen molar-refractivity contribution in [2.75, 3.05) is 26.6 Å². The summed E-state index contributed by atoms with van der Waals surface area (Å²) in [5.41, 5.74) is 5.32. The van der Waals surface area contributed by atoms with E-state index >= 15 is 0 Å². The van der Waals surface area contributed by atoms with E-state index in [1.807, 2.05) is 46.0 Å². The SMILES string of the molecule is COc1ccc(C[NH+](C)[C@H](C)C(=O)Nc2c(C)cc(C)cc2C)c(OC)c1. The highest BCUT2D eigenvalue weighted by atomic mass is 16.5. The summed E-state index contributed by atoms with van der Waals surface area (Å²) in [6.45, 7) is 8.74. The van der Waals surface area contributed by atoms with E-state index in [-0.39, 0.29) is 11.9 Å². The largest absolute Gasteiger partial charge is 0.497 e. The molecule has 2 aromatic carbocycles. The number of hydrogen-bond acceptors (Lipinski definition) is 3. The summed E-state index contributed by atoms with van der Waals surface area (Å²) >= 11 is 0. The maximum Gasteiger partial charge on any atom is 0.282 e. The van der Waals surface area contributed by atoms with Crippen LogP contribution in [0.25, 0.3) is 0 Å². The fourth-order valence-electron chi connectivity index (χ4n) is 3.28. The van der Waals surface area contributed by atoms with Crippen molar-refractivity contribution >= 4 is 11.6 Å². The number of nitrogens with one attached hydrogen (secondary N) is 2. The number of anilines is 1. The third-order valence-corrected chi connectivity index (χ3v) is 5.02. The molecule has 0 aliphatic heterocycles. The second-order valence-electron chi connectivity index (χ2n) is 7.19. The molecular weight excluding hydrogens is 340 g/mol. The van der Waals surface area contributed by atoms with Crippen LogP contribution in [0.15, 0.2) is 30.3 Å². The van der Waals surface area contributed by atoms with E-state index in [1.165, 1.54) is 5.56 Å². The molecule has 0 aliphatic rings. The van der Waals surface area contributed by atoms with Gasteiger partial charge in [-0.2, -0.15) is 0 Å². The van der Waals surface area contributed by atoms with Gasteiger partial charge in [0.05, 0.1) is 21.3 Å². The molecule has 0 bridgehead atoms. The Morgan fingerprint density at radius 1 is 1.07 bits per heavy atom. The second-order valence-corrected chi connectivity index (χ2v) is 7.19. The number of methoxy groups -OCH3 is 2. The third-order valence-electron chi connectivity index (χ3n) is 5.02. The number of benzene rings is 2. The maximum atomic E-state index is 12.8. The van der Waals surface area contributed by atoms with Crippen LogP contribution in [0.5, 0.6) is 11.5 Å². The molecule has 0 heterocycles. The van der Waals surface area contributed by atoms with Crippen LogP contribution in [0.3, 0.4) is 0 Å². The topological polar surface area (TPSA) is 52.0 Å². The van der Waals surface area contributed by atoms with Crippen molar-refractivity contribution in [2.45, 2.75) is 40.3 Å². The lowest BCUT2D eigenvalue weighted by Crippen LogP contribution is -3.12. The number of hydrogen-bond donors (Lipinski definition) is 2. The molecule has 2 atom stereocenters. The lowest BCUT2D eigenvalue weighted by atomic mass is 10.0. The smallest absolute Gasteiger partial charge is 0.282 e. The van der Waals surface area contributed by atoms with Crippen molar-refractivity contribution in [3.63, 3.8) is 0 Å². The van der Waals surface area contributed by atoms with Crippen LogP contribution in [0.2, 0.25) is 0 Å². The number of aryl methyl sites for hydroxylation is 3. The van der Waals surface area contributed by atoms with E-state index < -0.39 is 0 Å². The molecule has 1 unspecified atom stereocenters. The van der Waals surface area contributed by atoms with Crippen LogP contribution in [0.4, 0.5) is 5.69 Å². The number of ether oxygens (including phenoxy) is 2. The zero-order valence-electron chi connectivity index (χ0n) is 17.4. The number of quaternary nitrogens is 1. The summed E-state index contributed by atoms with van der Waals surface area (Å²) in [6.07, 6.45) is 0. The van der Waals surface area contributed by atoms with Crippen LogP contribution >= 0.6 is 0 Å². The van der Waals surface area contributed by atoms with Gasteiger partial charge in [0.25, 0.3) is 5.91 Å². The van der Waals surface area contributed by atoms with E-state index in [2.05, 4.69) is 24.4 Å². The van der Waals surface area contributed by atoms with Gasteiger partial charge >= 0.3 is 0 Å². The van der Waals surface area contributed by atoms with Gasteiger partial charge in [-0.05, 0) is 51.0 Å². The molecule has 2 N–H and O–H groups in total. The van der Waals surface area contributed by atoms with Crippen LogP contribution in [-0.4, -0.2) is 33.2 Å². The molecule has 27 heavy (non-hydrogen) atoms. The van der Waals surface area contributed by atoms with Crippen LogP contribution in [-0.2, 0) is 11.3 Å². The lowest BCUT2D eigenvalue weighted by Gasteiger charge is -2.23. The molecule has 2 rings (SSSR count). The first-order valence-electron chi connectivity index (χ1n) is 9.18. The van der Waals surface area contributed by atoms with E-state index in [4.69, 9.17) is 9.47 Å². The predicted molar refractivity (Wildman–Crippen MR) is 109 cm³/mol. The number of carbonyl (C=O) groups excluding carboxylic acids is 1. The van der Waals surface area contributed by atoms with Gasteiger partial charge in [0, 0.05) is 17.3 Å². The highest BCUT2D eigenvalue weighted by Crippen LogP contribution is 2.24. The molecule has 5 nitrogen and oxygen atoms in total. The minimum Gasteiger partial charge on any atom is -0.497 e. The Hall–Kier alpha value is -2.53. The van der Waals surface area contributed by atoms with Gasteiger partial charge in [0.1, 0.15) is 18.0 Å². The summed E-state index contributed by atoms with van der Waals surface area (Å²) in [6, 6.07) is 9.73. The quantitative estimate of drug-likeness (QED) is 0.787. The van der Waals surface area contributed by atoms with Crippen molar-refractivity contribution < 1.29 is 19.2 Å². The number of rotatable bonds is 7. The number of carbonyl (C=O) groups is 1. The van der Waals surface area contributed by atoms with E-state index in [0.717, 1.165) is 38.8 Å². The molecule has 0 saturated carbocycles. The first-order chi connectivity index (χ1) is 12.8. The monoisotopic (exact) mass is 371 g/mol. The molecule has 0 saturated heterocycles. The van der Waals surface area contributed by atoms with Crippen LogP contribution in [0, 0.1) is 20.8 Å². The zero-order valence-corrected chi connectivity index (χ0v) is 17.4. The average Bonchev–Trinajstić information content (AvgIpc) is 2.63. The van der Waals surface area contributed by atoms with E-state index in [9.17, 15) is 4.79 Å². The molecule has 0 spiro atoms. The highest BCUT2D eigenvalue weighted by molar-refractivity contribution is 5.95. The van der Waals surface area contributed by atoms with Gasteiger partial charge in [-0.3, -0.25) is 4.79 Å². The van der Waals surface area contributed by atoms with E-state index in [0.29, 0.717) is 6.54 Å². The Balaban J connectivity index is 2.11. The molecular formula is C22H31N2O3+. The fraction of sp³-hybridized carbons (Fsp3) is 0.409. The summed E-state index contributed by atoms with van der Waals surface area (Å²) in [7, 11) is 5.29. The van der Waals surface area contributed by atoms with Crippen molar-refractivity contribution in [3.8, 4) is 11.5 Å². The van der Waals surface area contributed by atoms with Crippen molar-refractivity contribution in [1.29, 1.82) is 0 Å². The molecule has 5 heteroatoms. The van der Waals surface area contributed by atoms with Gasteiger partial charge in [-0.15, -0.1) is 0 Å². The average molecular weight is 372 g/mol. The summed E-state index contributed by atoms with van der Waals surface area (Å²) < 4.78 is 10.7. The third kappa shape index (κ3) is 5.01. The number of likely N-dealkylation sites (N-methyl/N-ethyl adjacent to an activating group) is 1. The van der Waals surface area contributed by atoms with E-state index in [1.54, 1.807) is 14.2 Å². The van der Waals surface area contributed by atoms with Gasteiger partial charge < -0.3 is 19.7 Å². The minimum absolute atomic E-state index is 0.00929. The number of amides is 1. The van der Waals surface area contributed by atoms with Gasteiger partial charge in [0.15, 0.2) is 6.04 Å². The molecule has 0 aromatic heterocycles. The minimum atomic E-state index is -0.211. The standard InChI is InChI=1S/C22H30N2O3/c1-14-10-15(2)21(16(3)11-14)23-22(25)17(4)24(5)13-18-8-9-19(26-6)12-20(18)27-7/h8-12,17H,13H2,1-7H3,(H,23,25)/p+1/t17-/m1/s1. The molecule has 0 radical (unpaired) electrons. The first-order valence-corrected chi connectivity index (χ1v) is 9.18. The zero-order chi connectivity index (χ0) is 20.1. The Labute approximate surface area is 162 Å². The highest BCUT2D eigenvalue weighted by Gasteiger charge is 2.24. The Kier molecular flexibility index (Phi) is 6.86. The Bertz CT molecular complexity index is 794. The lowest BCUT2D eigenvalue weighted by molar-refractivity contribution is -0.907. The molecule has 0 aliphatic carbocycles. The molecule has 146 valence electrons. The fourth-order valence-corrected chi connectivity index (χ4v) is 3.28. The Morgan fingerprint density at radius 2 is 1.70 bits per heavy atom. The summed E-state index contributed by atoms with van der Waals surface area (Å²) in [4.78, 5) is 13.9. The van der Waals surface area contributed by atoms with Gasteiger partial charge in [0.2, 0.25) is 0 Å². The Morgan fingerprint density at radius 3 is 2.26 bits per heavy atom. The van der Waals surface area contributed by atoms with Crippen molar-refractivity contribution in [3.05, 3.63) is 52.6 Å². The van der Waals surface area contributed by atoms with Crippen LogP contribution < -0.4 is 19.7 Å². The molecule has 1 amide bonds. The summed E-state index contributed by atoms with van der Waals surface area (Å²) in [5, 5.41) is 3.11. The molecule has 2 aromatic rings. The maximum absolute atomic E-state index is 12.8. The summed E-state index contributed by atoms with van der Waals surface area (Å²) in [5.74, 6) is 1.53. The normalized spacial score (nSPS) is 13.0. The van der Waals surface area contributed by atoms with Crippen molar-refractivity contribution in [1.82, 2.24) is 0 Å². The second kappa shape index (κ2) is 8.91. The predicted octanol–water partition coefficient (Wildman–Crippen LogP) is 2.67. The van der Waals surface area contributed by atoms with Gasteiger partial charge in [-0.1, -0.05) is 17.7 Å². The van der Waals surface area contributed by atoms with Crippen LogP contribution in [0.1, 0.15) is 29.2 Å². The molecule has 0 fully saturated rings. The van der Waals surface area contributed by atoms with Gasteiger partial charge in [-0.25, -0.2) is 0 Å².